The molecule has 3 nitrogen and oxygen atoms in total. The van der Waals surface area contributed by atoms with Gasteiger partial charge in [-0.25, -0.2) is 8.78 Å². The van der Waals surface area contributed by atoms with Gasteiger partial charge in [0.05, 0.1) is 6.61 Å². The zero-order valence-electron chi connectivity index (χ0n) is 9.92. The molecular formula is C11H17F4NO2. The number of aliphatic hydroxyl groups is 1. The number of carbonyl (C=O) groups is 1. The third-order valence-electron chi connectivity index (χ3n) is 3.18. The third-order valence-corrected chi connectivity index (χ3v) is 3.18. The summed E-state index contributed by atoms with van der Waals surface area (Å²) in [6.07, 6.45) is -0.478. The van der Waals surface area contributed by atoms with E-state index in [0.717, 1.165) is 19.3 Å². The number of hydrogen-bond acceptors (Lipinski definition) is 2. The maximum absolute atomic E-state index is 13.0. The van der Waals surface area contributed by atoms with Gasteiger partial charge in [0.25, 0.3) is 5.91 Å². The highest BCUT2D eigenvalue weighted by molar-refractivity contribution is 5.84. The van der Waals surface area contributed by atoms with Crippen molar-refractivity contribution in [1.82, 2.24) is 4.90 Å². The highest BCUT2D eigenvalue weighted by atomic mass is 19.3. The molecule has 1 N–H and O–H groups in total. The van der Waals surface area contributed by atoms with Gasteiger partial charge < -0.3 is 10.0 Å². The van der Waals surface area contributed by atoms with Crippen LogP contribution in [-0.2, 0) is 4.79 Å². The van der Waals surface area contributed by atoms with Crippen LogP contribution in [0.5, 0.6) is 0 Å². The molecule has 0 aliphatic heterocycles. The Bertz CT molecular complexity index is 280. The number of halogens is 4. The molecule has 1 rings (SSSR count). The largest absolute Gasteiger partial charge is 0.395 e. The quantitative estimate of drug-likeness (QED) is 0.777. The maximum atomic E-state index is 13.0. The van der Waals surface area contributed by atoms with Crippen LogP contribution in [-0.4, -0.2) is 47.5 Å². The molecule has 1 aliphatic rings. The van der Waals surface area contributed by atoms with Crippen molar-refractivity contribution in [3.63, 3.8) is 0 Å². The lowest BCUT2D eigenvalue weighted by atomic mass is 9.94. The second kappa shape index (κ2) is 6.36. The molecule has 0 radical (unpaired) electrons. The standard InChI is InChI=1S/C11H17F4NO2/c12-9(13)11(14,15)10(18)16(6-7-17)8-4-2-1-3-5-8/h8-9,17H,1-7H2. The van der Waals surface area contributed by atoms with E-state index < -0.39 is 30.9 Å². The minimum atomic E-state index is -4.67. The Balaban J connectivity index is 2.80. The number of aliphatic hydroxyl groups excluding tert-OH is 1. The molecule has 1 amide bonds. The van der Waals surface area contributed by atoms with Crippen molar-refractivity contribution in [1.29, 1.82) is 0 Å². The lowest BCUT2D eigenvalue weighted by molar-refractivity contribution is -0.184. The van der Waals surface area contributed by atoms with Gasteiger partial charge in [0, 0.05) is 12.6 Å². The van der Waals surface area contributed by atoms with Gasteiger partial charge in [0.15, 0.2) is 0 Å². The Hall–Kier alpha value is -0.850. The third kappa shape index (κ3) is 3.34. The smallest absolute Gasteiger partial charge is 0.383 e. The van der Waals surface area contributed by atoms with E-state index in [9.17, 15) is 22.4 Å². The number of nitrogens with zero attached hydrogens (tertiary/aromatic N) is 1. The molecular weight excluding hydrogens is 254 g/mol. The summed E-state index contributed by atoms with van der Waals surface area (Å²) in [4.78, 5) is 12.2. The summed E-state index contributed by atoms with van der Waals surface area (Å²) in [6.45, 7) is -0.840. The number of hydrogen-bond donors (Lipinski definition) is 1. The predicted molar refractivity (Wildman–Crippen MR) is 56.6 cm³/mol. The van der Waals surface area contributed by atoms with Gasteiger partial charge in [-0.1, -0.05) is 19.3 Å². The SMILES string of the molecule is O=C(N(CCO)C1CCCCC1)C(F)(F)C(F)F. The highest BCUT2D eigenvalue weighted by Crippen LogP contribution is 2.29. The average molecular weight is 271 g/mol. The Kier molecular flexibility index (Phi) is 5.37. The van der Waals surface area contributed by atoms with Crippen molar-refractivity contribution in [3.05, 3.63) is 0 Å². The molecule has 0 bridgehead atoms. The van der Waals surface area contributed by atoms with Crippen LogP contribution >= 0.6 is 0 Å². The van der Waals surface area contributed by atoms with Crippen molar-refractivity contribution in [2.75, 3.05) is 13.2 Å². The van der Waals surface area contributed by atoms with Gasteiger partial charge in [-0.05, 0) is 12.8 Å². The summed E-state index contributed by atoms with van der Waals surface area (Å²) >= 11 is 0. The molecule has 0 aromatic heterocycles. The van der Waals surface area contributed by atoms with Gasteiger partial charge >= 0.3 is 12.3 Å². The summed E-state index contributed by atoms with van der Waals surface area (Å²) in [6, 6.07) is -0.469. The van der Waals surface area contributed by atoms with Gasteiger partial charge in [-0.2, -0.15) is 8.78 Å². The van der Waals surface area contributed by atoms with E-state index in [1.165, 1.54) is 0 Å². The van der Waals surface area contributed by atoms with Gasteiger partial charge in [-0.15, -0.1) is 0 Å². The van der Waals surface area contributed by atoms with Crippen molar-refractivity contribution in [3.8, 4) is 0 Å². The molecule has 7 heteroatoms. The van der Waals surface area contributed by atoms with E-state index in [-0.39, 0.29) is 6.54 Å². The fraction of sp³-hybridized carbons (Fsp3) is 0.909. The molecule has 1 aliphatic carbocycles. The Morgan fingerprint density at radius 1 is 1.28 bits per heavy atom. The maximum Gasteiger partial charge on any atom is 0.383 e. The molecule has 106 valence electrons. The van der Waals surface area contributed by atoms with Crippen molar-refractivity contribution in [2.45, 2.75) is 50.5 Å². The van der Waals surface area contributed by atoms with Crippen LogP contribution in [0.3, 0.4) is 0 Å². The van der Waals surface area contributed by atoms with Crippen LogP contribution in [0, 0.1) is 0 Å². The van der Waals surface area contributed by atoms with Crippen molar-refractivity contribution >= 4 is 5.91 Å². The molecule has 0 unspecified atom stereocenters. The molecule has 0 aromatic rings. The van der Waals surface area contributed by atoms with Crippen LogP contribution in [0.2, 0.25) is 0 Å². The summed E-state index contributed by atoms with van der Waals surface area (Å²) in [5.41, 5.74) is 0. The Morgan fingerprint density at radius 3 is 2.28 bits per heavy atom. The Morgan fingerprint density at radius 2 is 1.83 bits per heavy atom. The molecule has 18 heavy (non-hydrogen) atoms. The van der Waals surface area contributed by atoms with E-state index in [2.05, 4.69) is 0 Å². The fourth-order valence-corrected chi connectivity index (χ4v) is 2.24. The summed E-state index contributed by atoms with van der Waals surface area (Å²) < 4.78 is 50.4. The first-order valence-corrected chi connectivity index (χ1v) is 5.99. The summed E-state index contributed by atoms with van der Waals surface area (Å²) in [7, 11) is 0. The first-order chi connectivity index (χ1) is 8.41. The monoisotopic (exact) mass is 271 g/mol. The van der Waals surface area contributed by atoms with Crippen LogP contribution in [0.15, 0.2) is 0 Å². The second-order valence-corrected chi connectivity index (χ2v) is 4.44. The van der Waals surface area contributed by atoms with Crippen LogP contribution in [0.1, 0.15) is 32.1 Å². The van der Waals surface area contributed by atoms with Crippen molar-refractivity contribution in [2.24, 2.45) is 0 Å². The number of rotatable bonds is 5. The van der Waals surface area contributed by atoms with Gasteiger partial charge in [-0.3, -0.25) is 4.79 Å². The fourth-order valence-electron chi connectivity index (χ4n) is 2.24. The molecule has 1 fully saturated rings. The van der Waals surface area contributed by atoms with Crippen LogP contribution in [0.4, 0.5) is 17.6 Å². The normalized spacial score (nSPS) is 18.1. The molecule has 0 heterocycles. The zero-order chi connectivity index (χ0) is 13.8. The average Bonchev–Trinajstić information content (AvgIpc) is 2.36. The van der Waals surface area contributed by atoms with Gasteiger partial charge in [0.2, 0.25) is 0 Å². The number of carbonyl (C=O) groups excluding carboxylic acids is 1. The molecule has 0 atom stereocenters. The molecule has 1 saturated carbocycles. The zero-order valence-corrected chi connectivity index (χ0v) is 9.92. The van der Waals surface area contributed by atoms with E-state index >= 15 is 0 Å². The first-order valence-electron chi connectivity index (χ1n) is 5.99. The van der Waals surface area contributed by atoms with E-state index in [4.69, 9.17) is 5.11 Å². The van der Waals surface area contributed by atoms with E-state index in [1.54, 1.807) is 0 Å². The van der Waals surface area contributed by atoms with E-state index in [0.29, 0.717) is 17.7 Å². The molecule has 0 aromatic carbocycles. The Labute approximate surface area is 103 Å². The summed E-state index contributed by atoms with van der Waals surface area (Å²) in [5.74, 6) is -6.55. The summed E-state index contributed by atoms with van der Waals surface area (Å²) in [5, 5.41) is 8.79. The highest BCUT2D eigenvalue weighted by Gasteiger charge is 2.52. The topological polar surface area (TPSA) is 40.5 Å². The second-order valence-electron chi connectivity index (χ2n) is 4.44. The minimum absolute atomic E-state index is 0.328. The van der Waals surface area contributed by atoms with E-state index in [1.807, 2.05) is 0 Å². The predicted octanol–water partition coefficient (Wildman–Crippen LogP) is 2.04. The number of amides is 1. The molecule has 0 spiro atoms. The number of alkyl halides is 4. The lowest BCUT2D eigenvalue weighted by Gasteiger charge is -2.35. The lowest BCUT2D eigenvalue weighted by Crippen LogP contribution is -2.53. The minimum Gasteiger partial charge on any atom is -0.395 e. The van der Waals surface area contributed by atoms with Crippen LogP contribution in [0.25, 0.3) is 0 Å². The van der Waals surface area contributed by atoms with Crippen molar-refractivity contribution < 1.29 is 27.5 Å². The van der Waals surface area contributed by atoms with Crippen LogP contribution < -0.4 is 0 Å². The molecule has 0 saturated heterocycles. The van der Waals surface area contributed by atoms with Gasteiger partial charge in [0.1, 0.15) is 0 Å². The first kappa shape index (κ1) is 15.2.